The van der Waals surface area contributed by atoms with Gasteiger partial charge in [-0.3, -0.25) is 0 Å². The highest BCUT2D eigenvalue weighted by atomic mass is 32.2. The van der Waals surface area contributed by atoms with Gasteiger partial charge in [0.05, 0.1) is 33.0 Å². The van der Waals surface area contributed by atoms with E-state index in [-0.39, 0.29) is 6.61 Å². The maximum atomic E-state index is 10.9. The number of hydrogen-bond acceptors (Lipinski definition) is 6. The average Bonchev–Trinajstić information content (AvgIpc) is 2.80. The molecule has 0 aliphatic heterocycles. The van der Waals surface area contributed by atoms with Crippen LogP contribution in [0.4, 0.5) is 0 Å². The fourth-order valence-corrected chi connectivity index (χ4v) is 4.15. The van der Waals surface area contributed by atoms with Crippen LogP contribution < -0.4 is 4.74 Å². The van der Waals surface area contributed by atoms with Gasteiger partial charge in [0, 0.05) is 16.1 Å². The molecular formula is C25H34O5S. The van der Waals surface area contributed by atoms with Crippen LogP contribution >= 0.6 is 11.8 Å². The van der Waals surface area contributed by atoms with Crippen LogP contribution in [0.15, 0.2) is 71.1 Å². The van der Waals surface area contributed by atoms with Crippen molar-refractivity contribution in [3.05, 3.63) is 71.8 Å². The van der Waals surface area contributed by atoms with E-state index < -0.39 is 17.6 Å². The first-order valence-corrected chi connectivity index (χ1v) is 11.4. The van der Waals surface area contributed by atoms with Crippen molar-refractivity contribution in [3.8, 4) is 5.75 Å². The van der Waals surface area contributed by atoms with Crippen molar-refractivity contribution in [3.63, 3.8) is 0 Å². The van der Waals surface area contributed by atoms with Crippen LogP contribution in [0.3, 0.4) is 0 Å². The molecule has 0 fully saturated rings. The molecule has 31 heavy (non-hydrogen) atoms. The van der Waals surface area contributed by atoms with Gasteiger partial charge in [-0.05, 0) is 41.8 Å². The zero-order valence-electron chi connectivity index (χ0n) is 18.5. The van der Waals surface area contributed by atoms with Crippen LogP contribution in [0.25, 0.3) is 0 Å². The van der Waals surface area contributed by atoms with E-state index in [1.807, 2.05) is 68.4 Å². The van der Waals surface area contributed by atoms with Gasteiger partial charge in [0.25, 0.3) is 0 Å². The van der Waals surface area contributed by atoms with Gasteiger partial charge in [-0.1, -0.05) is 50.3 Å². The van der Waals surface area contributed by atoms with Crippen LogP contribution in [0.2, 0.25) is 0 Å². The first-order valence-electron chi connectivity index (χ1n) is 10.4. The molecule has 0 saturated heterocycles. The Morgan fingerprint density at radius 3 is 2.35 bits per heavy atom. The highest BCUT2D eigenvalue weighted by molar-refractivity contribution is 7.99. The van der Waals surface area contributed by atoms with Gasteiger partial charge in [0.15, 0.2) is 0 Å². The molecule has 0 radical (unpaired) electrons. The van der Waals surface area contributed by atoms with Crippen molar-refractivity contribution in [2.45, 2.75) is 44.0 Å². The third kappa shape index (κ3) is 8.31. The lowest BCUT2D eigenvalue weighted by Crippen LogP contribution is -2.42. The summed E-state index contributed by atoms with van der Waals surface area (Å²) in [6, 6.07) is 17.6. The molecule has 0 saturated carbocycles. The van der Waals surface area contributed by atoms with E-state index in [1.54, 1.807) is 24.9 Å². The number of hydrogen-bond donors (Lipinski definition) is 3. The zero-order chi connectivity index (χ0) is 22.7. The lowest BCUT2D eigenvalue weighted by molar-refractivity contribution is -0.0279. The summed E-state index contributed by atoms with van der Waals surface area (Å²) in [6.07, 6.45) is -0.0479. The van der Waals surface area contributed by atoms with E-state index in [4.69, 9.17) is 9.47 Å². The number of benzene rings is 2. The third-order valence-corrected chi connectivity index (χ3v) is 6.64. The second-order valence-electron chi connectivity index (χ2n) is 8.09. The summed E-state index contributed by atoms with van der Waals surface area (Å²) in [5.74, 6) is 1.44. The van der Waals surface area contributed by atoms with Crippen LogP contribution in [-0.2, 0) is 11.3 Å². The molecule has 5 nitrogen and oxygen atoms in total. The number of aliphatic hydroxyl groups is 3. The van der Waals surface area contributed by atoms with Gasteiger partial charge >= 0.3 is 0 Å². The van der Waals surface area contributed by atoms with Gasteiger partial charge < -0.3 is 24.8 Å². The molecule has 2 rings (SSSR count). The highest BCUT2D eigenvalue weighted by Crippen LogP contribution is 2.33. The van der Waals surface area contributed by atoms with Crippen molar-refractivity contribution >= 4 is 11.8 Å². The van der Waals surface area contributed by atoms with Gasteiger partial charge in [-0.2, -0.15) is 0 Å². The predicted molar refractivity (Wildman–Crippen MR) is 125 cm³/mol. The number of methoxy groups -OCH3 is 1. The minimum atomic E-state index is -1.07. The first-order chi connectivity index (χ1) is 14.9. The molecule has 0 aliphatic rings. The van der Waals surface area contributed by atoms with Gasteiger partial charge in [-0.25, -0.2) is 0 Å². The first kappa shape index (κ1) is 25.4. The van der Waals surface area contributed by atoms with Crippen LogP contribution in [0.5, 0.6) is 5.75 Å². The Morgan fingerprint density at radius 2 is 1.74 bits per heavy atom. The Labute approximate surface area is 189 Å². The standard InChI is InChI=1S/C25H34O5S/c1-25(2,18-31-22-7-5-4-6-8-22)24(28)23(27)20(13-15-26)14-16-30-17-19-9-11-21(29-3)12-10-19/h4-13,23-24,26-28H,14-18H2,1-3H3/b20-13+/t23-,24+/m1/s1. The summed E-state index contributed by atoms with van der Waals surface area (Å²) in [4.78, 5) is 1.12. The molecule has 0 bridgehead atoms. The summed E-state index contributed by atoms with van der Waals surface area (Å²) in [7, 11) is 1.63. The molecule has 0 unspecified atom stereocenters. The Kier molecular flexibility index (Phi) is 10.6. The van der Waals surface area contributed by atoms with Crippen molar-refractivity contribution in [2.24, 2.45) is 5.41 Å². The van der Waals surface area contributed by atoms with Crippen LogP contribution in [0, 0.1) is 5.41 Å². The second kappa shape index (κ2) is 12.9. The Bertz CT molecular complexity index is 789. The molecule has 0 aliphatic carbocycles. The normalized spacial score (nSPS) is 14.3. The molecule has 0 heterocycles. The van der Waals surface area contributed by atoms with Gasteiger partial charge in [0.1, 0.15) is 11.9 Å². The molecule has 3 N–H and O–H groups in total. The van der Waals surface area contributed by atoms with E-state index in [0.717, 1.165) is 16.2 Å². The Balaban J connectivity index is 1.87. The summed E-state index contributed by atoms with van der Waals surface area (Å²) in [6.45, 7) is 4.49. The summed E-state index contributed by atoms with van der Waals surface area (Å²) >= 11 is 1.65. The molecular weight excluding hydrogens is 412 g/mol. The predicted octanol–water partition coefficient (Wildman–Crippen LogP) is 4.06. The molecule has 0 spiro atoms. The monoisotopic (exact) mass is 446 g/mol. The van der Waals surface area contributed by atoms with Gasteiger partial charge in [-0.15, -0.1) is 11.8 Å². The third-order valence-electron chi connectivity index (χ3n) is 5.15. The summed E-state index contributed by atoms with van der Waals surface area (Å²) < 4.78 is 10.9. The maximum absolute atomic E-state index is 10.9. The van der Waals surface area contributed by atoms with Crippen molar-refractivity contribution in [2.75, 3.05) is 26.1 Å². The SMILES string of the molecule is COc1ccc(COCC/C(=C\CO)[C@@H](O)[C@H](O)C(C)(C)CSc2ccccc2)cc1. The fraction of sp³-hybridized carbons (Fsp3) is 0.440. The molecule has 6 heteroatoms. The minimum absolute atomic E-state index is 0.198. The second-order valence-corrected chi connectivity index (χ2v) is 9.14. The number of rotatable bonds is 13. The molecule has 2 aromatic rings. The quantitative estimate of drug-likeness (QED) is 0.245. The lowest BCUT2D eigenvalue weighted by atomic mass is 9.82. The summed E-state index contributed by atoms with van der Waals surface area (Å²) in [5, 5.41) is 31.1. The van der Waals surface area contributed by atoms with Crippen molar-refractivity contribution in [1.82, 2.24) is 0 Å². The van der Waals surface area contributed by atoms with Crippen molar-refractivity contribution in [1.29, 1.82) is 0 Å². The molecule has 0 aromatic heterocycles. The Hall–Kier alpha value is -1.83. The molecule has 170 valence electrons. The highest BCUT2D eigenvalue weighted by Gasteiger charge is 2.35. The van der Waals surface area contributed by atoms with Crippen LogP contribution in [-0.4, -0.2) is 53.6 Å². The fourth-order valence-electron chi connectivity index (χ4n) is 3.09. The van der Waals surface area contributed by atoms with E-state index in [2.05, 4.69) is 0 Å². The average molecular weight is 447 g/mol. The molecule has 2 atom stereocenters. The van der Waals surface area contributed by atoms with E-state index >= 15 is 0 Å². The zero-order valence-corrected chi connectivity index (χ0v) is 19.3. The lowest BCUT2D eigenvalue weighted by Gasteiger charge is -2.34. The number of thioether (sulfide) groups is 1. The van der Waals surface area contributed by atoms with E-state index in [0.29, 0.717) is 31.0 Å². The summed E-state index contributed by atoms with van der Waals surface area (Å²) in [5.41, 5.74) is 1.08. The molecule has 0 amide bonds. The maximum Gasteiger partial charge on any atom is 0.118 e. The van der Waals surface area contributed by atoms with Gasteiger partial charge in [0.2, 0.25) is 0 Å². The van der Waals surface area contributed by atoms with E-state index in [9.17, 15) is 15.3 Å². The number of aliphatic hydroxyl groups excluding tert-OH is 3. The smallest absolute Gasteiger partial charge is 0.118 e. The van der Waals surface area contributed by atoms with Crippen molar-refractivity contribution < 1.29 is 24.8 Å². The Morgan fingerprint density at radius 1 is 1.06 bits per heavy atom. The topological polar surface area (TPSA) is 79.2 Å². The largest absolute Gasteiger partial charge is 0.497 e. The van der Waals surface area contributed by atoms with Crippen LogP contribution in [0.1, 0.15) is 25.8 Å². The molecule has 2 aromatic carbocycles. The number of ether oxygens (including phenoxy) is 2. The minimum Gasteiger partial charge on any atom is -0.497 e. The van der Waals surface area contributed by atoms with E-state index in [1.165, 1.54) is 0 Å².